The Balaban J connectivity index is 2.57. The van der Waals surface area contributed by atoms with Gasteiger partial charge in [0.15, 0.2) is 0 Å². The van der Waals surface area contributed by atoms with Crippen molar-refractivity contribution in [1.82, 2.24) is 9.55 Å². The minimum absolute atomic E-state index is 0.604. The van der Waals surface area contributed by atoms with Gasteiger partial charge in [-0.1, -0.05) is 30.1 Å². The maximum atomic E-state index is 6.18. The average molecular weight is 284 g/mol. The van der Waals surface area contributed by atoms with Gasteiger partial charge >= 0.3 is 0 Å². The molecule has 0 fully saturated rings. The minimum Gasteiger partial charge on any atom is -0.383 e. The maximum absolute atomic E-state index is 6.18. The first-order valence-electron chi connectivity index (χ1n) is 5.82. The van der Waals surface area contributed by atoms with Gasteiger partial charge in [-0.3, -0.25) is 0 Å². The lowest BCUT2D eigenvalue weighted by atomic mass is 10.1. The zero-order valence-corrected chi connectivity index (χ0v) is 11.9. The number of benzene rings is 1. The third-order valence-electron chi connectivity index (χ3n) is 2.83. The van der Waals surface area contributed by atoms with E-state index in [1.807, 2.05) is 11.5 Å². The molecular formula is C13H15Cl2N3. The average Bonchev–Trinajstić information content (AvgIpc) is 2.61. The van der Waals surface area contributed by atoms with Crippen LogP contribution < -0.4 is 5.73 Å². The predicted molar refractivity (Wildman–Crippen MR) is 77.1 cm³/mol. The Labute approximate surface area is 117 Å². The summed E-state index contributed by atoms with van der Waals surface area (Å²) in [6, 6.07) is 5.30. The molecule has 18 heavy (non-hydrogen) atoms. The van der Waals surface area contributed by atoms with Crippen molar-refractivity contribution in [2.45, 2.75) is 26.8 Å². The minimum atomic E-state index is 0.604. The summed E-state index contributed by atoms with van der Waals surface area (Å²) >= 11 is 12.2. The molecule has 0 aliphatic carbocycles. The van der Waals surface area contributed by atoms with Gasteiger partial charge in [0.25, 0.3) is 0 Å². The number of nitrogens with two attached hydrogens (primary N) is 1. The Morgan fingerprint density at radius 2 is 2.06 bits per heavy atom. The molecule has 1 heterocycles. The van der Waals surface area contributed by atoms with E-state index in [1.165, 1.54) is 0 Å². The van der Waals surface area contributed by atoms with Gasteiger partial charge in [0.2, 0.25) is 0 Å². The van der Waals surface area contributed by atoms with Crippen LogP contribution in [0.5, 0.6) is 0 Å². The van der Waals surface area contributed by atoms with Crippen LogP contribution in [0.3, 0.4) is 0 Å². The van der Waals surface area contributed by atoms with E-state index in [1.54, 1.807) is 18.2 Å². The lowest BCUT2D eigenvalue weighted by Crippen LogP contribution is -2.04. The normalized spacial score (nSPS) is 10.9. The van der Waals surface area contributed by atoms with E-state index < -0.39 is 0 Å². The summed E-state index contributed by atoms with van der Waals surface area (Å²) in [5.74, 6) is 1.53. The fraction of sp³-hybridized carbons (Fsp3) is 0.308. The van der Waals surface area contributed by atoms with E-state index in [9.17, 15) is 0 Å². The lowest BCUT2D eigenvalue weighted by Gasteiger charge is -2.06. The van der Waals surface area contributed by atoms with Gasteiger partial charge in [-0.25, -0.2) is 4.98 Å². The second-order valence-corrected chi connectivity index (χ2v) is 5.01. The van der Waals surface area contributed by atoms with Gasteiger partial charge in [0.1, 0.15) is 17.3 Å². The van der Waals surface area contributed by atoms with E-state index in [0.717, 1.165) is 24.4 Å². The molecular weight excluding hydrogens is 269 g/mol. The third-order valence-corrected chi connectivity index (χ3v) is 3.39. The molecule has 0 unspecified atom stereocenters. The number of halogens is 2. The van der Waals surface area contributed by atoms with E-state index in [2.05, 4.69) is 11.9 Å². The Hall–Kier alpha value is -1.19. The molecule has 0 saturated heterocycles. The molecule has 0 bridgehead atoms. The molecule has 0 amide bonds. The van der Waals surface area contributed by atoms with Crippen LogP contribution in [-0.2, 0) is 6.54 Å². The van der Waals surface area contributed by atoms with Gasteiger partial charge in [0, 0.05) is 17.1 Å². The Morgan fingerprint density at radius 1 is 1.33 bits per heavy atom. The SMILES string of the molecule is CCCn1c(C)nc(-c2cc(Cl)ccc2Cl)c1N. The Bertz CT molecular complexity index is 576. The predicted octanol–water partition coefficient (Wildman–Crippen LogP) is 4.16. The third kappa shape index (κ3) is 2.33. The number of imidazole rings is 1. The van der Waals surface area contributed by atoms with Crippen LogP contribution in [0, 0.1) is 6.92 Å². The lowest BCUT2D eigenvalue weighted by molar-refractivity contribution is 0.665. The smallest absolute Gasteiger partial charge is 0.131 e. The van der Waals surface area contributed by atoms with Crippen LogP contribution in [0.2, 0.25) is 10.0 Å². The first-order chi connectivity index (χ1) is 8.54. The van der Waals surface area contributed by atoms with Crippen molar-refractivity contribution in [2.75, 3.05) is 5.73 Å². The highest BCUT2D eigenvalue weighted by Gasteiger charge is 2.15. The van der Waals surface area contributed by atoms with Crippen molar-refractivity contribution < 1.29 is 0 Å². The number of hydrogen-bond acceptors (Lipinski definition) is 2. The number of rotatable bonds is 3. The summed E-state index contributed by atoms with van der Waals surface area (Å²) in [6.45, 7) is 4.89. The molecule has 96 valence electrons. The molecule has 3 nitrogen and oxygen atoms in total. The molecule has 5 heteroatoms. The first-order valence-corrected chi connectivity index (χ1v) is 6.58. The zero-order valence-electron chi connectivity index (χ0n) is 10.4. The van der Waals surface area contributed by atoms with E-state index >= 15 is 0 Å². The maximum Gasteiger partial charge on any atom is 0.131 e. The molecule has 1 aromatic heterocycles. The fourth-order valence-electron chi connectivity index (χ4n) is 1.96. The topological polar surface area (TPSA) is 43.8 Å². The van der Waals surface area contributed by atoms with E-state index in [4.69, 9.17) is 28.9 Å². The molecule has 0 aliphatic rings. The van der Waals surface area contributed by atoms with E-state index in [0.29, 0.717) is 21.6 Å². The monoisotopic (exact) mass is 283 g/mol. The zero-order chi connectivity index (χ0) is 13.3. The van der Waals surface area contributed by atoms with Crippen molar-refractivity contribution >= 4 is 29.0 Å². The number of nitrogens with zero attached hydrogens (tertiary/aromatic N) is 2. The standard InChI is InChI=1S/C13H15Cl2N3/c1-3-6-18-8(2)17-12(13(18)16)10-7-9(14)4-5-11(10)15/h4-5,7H,3,6,16H2,1-2H3. The summed E-state index contributed by atoms with van der Waals surface area (Å²) in [5.41, 5.74) is 7.62. The highest BCUT2D eigenvalue weighted by atomic mass is 35.5. The van der Waals surface area contributed by atoms with Crippen LogP contribution in [0.25, 0.3) is 11.3 Å². The number of aromatic nitrogens is 2. The van der Waals surface area contributed by atoms with Crippen LogP contribution in [-0.4, -0.2) is 9.55 Å². The van der Waals surface area contributed by atoms with Gasteiger partial charge in [-0.2, -0.15) is 0 Å². The Kier molecular flexibility index (Phi) is 3.83. The molecule has 0 atom stereocenters. The molecule has 0 saturated carbocycles. The van der Waals surface area contributed by atoms with Gasteiger partial charge in [0.05, 0.1) is 5.02 Å². The molecule has 0 aliphatic heterocycles. The highest BCUT2D eigenvalue weighted by molar-refractivity contribution is 6.35. The molecule has 1 aromatic carbocycles. The van der Waals surface area contributed by atoms with Crippen molar-refractivity contribution in [3.8, 4) is 11.3 Å². The summed E-state index contributed by atoms with van der Waals surface area (Å²) in [5, 5.41) is 1.23. The Morgan fingerprint density at radius 3 is 2.72 bits per heavy atom. The number of hydrogen-bond donors (Lipinski definition) is 1. The molecule has 2 aromatic rings. The van der Waals surface area contributed by atoms with Gasteiger partial charge in [-0.05, 0) is 31.5 Å². The summed E-state index contributed by atoms with van der Waals surface area (Å²) in [6.07, 6.45) is 1.00. The van der Waals surface area contributed by atoms with E-state index in [-0.39, 0.29) is 0 Å². The van der Waals surface area contributed by atoms with Crippen molar-refractivity contribution in [2.24, 2.45) is 0 Å². The molecule has 2 N–H and O–H groups in total. The van der Waals surface area contributed by atoms with Crippen LogP contribution >= 0.6 is 23.2 Å². The largest absolute Gasteiger partial charge is 0.383 e. The van der Waals surface area contributed by atoms with Crippen molar-refractivity contribution in [3.05, 3.63) is 34.1 Å². The summed E-state index contributed by atoms with van der Waals surface area (Å²) in [7, 11) is 0. The fourth-order valence-corrected chi connectivity index (χ4v) is 2.34. The van der Waals surface area contributed by atoms with Crippen LogP contribution in [0.4, 0.5) is 5.82 Å². The summed E-state index contributed by atoms with van der Waals surface area (Å²) < 4.78 is 1.99. The molecule has 2 rings (SSSR count). The summed E-state index contributed by atoms with van der Waals surface area (Å²) in [4.78, 5) is 4.50. The van der Waals surface area contributed by atoms with Gasteiger partial charge < -0.3 is 10.3 Å². The van der Waals surface area contributed by atoms with Crippen molar-refractivity contribution in [1.29, 1.82) is 0 Å². The quantitative estimate of drug-likeness (QED) is 0.919. The van der Waals surface area contributed by atoms with Gasteiger partial charge in [-0.15, -0.1) is 0 Å². The molecule has 0 spiro atoms. The second-order valence-electron chi connectivity index (χ2n) is 4.17. The van der Waals surface area contributed by atoms with Crippen LogP contribution in [0.15, 0.2) is 18.2 Å². The number of nitrogen functional groups attached to an aromatic ring is 1. The second kappa shape index (κ2) is 5.21. The highest BCUT2D eigenvalue weighted by Crippen LogP contribution is 2.33. The van der Waals surface area contributed by atoms with Crippen molar-refractivity contribution in [3.63, 3.8) is 0 Å². The number of anilines is 1. The molecule has 0 radical (unpaired) electrons. The van der Waals surface area contributed by atoms with Crippen LogP contribution in [0.1, 0.15) is 19.2 Å². The first kappa shape index (κ1) is 13.2. The number of aryl methyl sites for hydroxylation is 1.